The number of nitrogens with two attached hydrogens (primary N) is 1. The molecule has 1 aromatic rings. The summed E-state index contributed by atoms with van der Waals surface area (Å²) in [5.41, 5.74) is 4.86. The van der Waals surface area contributed by atoms with Crippen LogP contribution in [-0.2, 0) is 0 Å². The second-order valence-electron chi connectivity index (χ2n) is 3.48. The lowest BCUT2D eigenvalue weighted by atomic mass is 10.1. The molecule has 0 aliphatic rings. The van der Waals surface area contributed by atoms with Crippen LogP contribution in [0.25, 0.3) is 0 Å². The van der Waals surface area contributed by atoms with Gasteiger partial charge in [-0.2, -0.15) is 13.2 Å². The molecule has 1 aromatic carbocycles. The first-order chi connectivity index (χ1) is 8.77. The summed E-state index contributed by atoms with van der Waals surface area (Å²) in [5, 5.41) is 10.5. The molecule has 0 heterocycles. The molecule has 0 saturated carbocycles. The van der Waals surface area contributed by atoms with E-state index in [-0.39, 0.29) is 0 Å². The smallest absolute Gasteiger partial charge is 0.402 e. The number of hydrogen-bond acceptors (Lipinski definition) is 3. The van der Waals surface area contributed by atoms with Gasteiger partial charge in [0.15, 0.2) is 23.2 Å². The lowest BCUT2D eigenvalue weighted by Crippen LogP contribution is -2.40. The Bertz CT molecular complexity index is 455. The van der Waals surface area contributed by atoms with Crippen LogP contribution in [0.5, 0.6) is 5.75 Å². The highest BCUT2D eigenvalue weighted by Gasteiger charge is 2.43. The molecule has 4 nitrogen and oxygen atoms in total. The van der Waals surface area contributed by atoms with Crippen LogP contribution >= 0.6 is 0 Å². The molecular weight excluding hydrogens is 275 g/mol. The van der Waals surface area contributed by atoms with E-state index in [0.717, 1.165) is 18.2 Å². The van der Waals surface area contributed by atoms with Gasteiger partial charge >= 0.3 is 6.18 Å². The molecule has 0 amide bonds. The van der Waals surface area contributed by atoms with E-state index >= 15 is 0 Å². The number of amidine groups is 1. The molecule has 1 unspecified atom stereocenters. The van der Waals surface area contributed by atoms with Crippen molar-refractivity contribution in [2.24, 2.45) is 16.8 Å². The first-order valence-electron chi connectivity index (χ1n) is 4.88. The van der Waals surface area contributed by atoms with Crippen molar-refractivity contribution in [3.63, 3.8) is 0 Å². The standard InChI is InChI=1S/C10H9F5N2O2/c11-6-2-1-3-7(12)8(6)19-4-5(9(16)17-18)10(13,14)15/h1-3,5,18H,4H2,(H2,16,17). The maximum absolute atomic E-state index is 13.1. The molecule has 106 valence electrons. The molecule has 0 saturated heterocycles. The minimum Gasteiger partial charge on any atom is -0.486 e. The Balaban J connectivity index is 2.89. The van der Waals surface area contributed by atoms with Crippen molar-refractivity contribution in [2.75, 3.05) is 6.61 Å². The lowest BCUT2D eigenvalue weighted by Gasteiger charge is -2.19. The van der Waals surface area contributed by atoms with Crippen molar-refractivity contribution < 1.29 is 31.9 Å². The summed E-state index contributed by atoms with van der Waals surface area (Å²) in [7, 11) is 0. The van der Waals surface area contributed by atoms with E-state index in [2.05, 4.69) is 9.89 Å². The van der Waals surface area contributed by atoms with Gasteiger partial charge in [-0.25, -0.2) is 8.78 Å². The van der Waals surface area contributed by atoms with E-state index < -0.39 is 41.9 Å². The molecule has 0 bridgehead atoms. The Morgan fingerprint density at radius 1 is 1.32 bits per heavy atom. The van der Waals surface area contributed by atoms with Crippen molar-refractivity contribution in [3.8, 4) is 5.75 Å². The van der Waals surface area contributed by atoms with Gasteiger partial charge in [-0.05, 0) is 12.1 Å². The average molecular weight is 284 g/mol. The van der Waals surface area contributed by atoms with E-state index in [1.807, 2.05) is 0 Å². The summed E-state index contributed by atoms with van der Waals surface area (Å²) >= 11 is 0. The molecule has 0 spiro atoms. The number of nitrogens with zero attached hydrogens (tertiary/aromatic N) is 1. The molecule has 0 aliphatic carbocycles. The SMILES string of the molecule is N/C(=N/O)C(COc1c(F)cccc1F)C(F)(F)F. The third-order valence-electron chi connectivity index (χ3n) is 2.18. The Hall–Kier alpha value is -2.06. The van der Waals surface area contributed by atoms with E-state index in [4.69, 9.17) is 10.9 Å². The molecule has 19 heavy (non-hydrogen) atoms. The van der Waals surface area contributed by atoms with Gasteiger partial charge in [0.2, 0.25) is 0 Å². The van der Waals surface area contributed by atoms with Crippen LogP contribution in [0.1, 0.15) is 0 Å². The van der Waals surface area contributed by atoms with Crippen LogP contribution < -0.4 is 10.5 Å². The average Bonchev–Trinajstić information content (AvgIpc) is 2.30. The monoisotopic (exact) mass is 284 g/mol. The van der Waals surface area contributed by atoms with Crippen LogP contribution in [0.3, 0.4) is 0 Å². The highest BCUT2D eigenvalue weighted by Crippen LogP contribution is 2.28. The molecule has 0 radical (unpaired) electrons. The molecule has 9 heteroatoms. The number of oxime groups is 1. The molecule has 1 rings (SSSR count). The third kappa shape index (κ3) is 3.70. The van der Waals surface area contributed by atoms with Gasteiger partial charge in [-0.1, -0.05) is 11.2 Å². The molecular formula is C10H9F5N2O2. The third-order valence-corrected chi connectivity index (χ3v) is 2.18. The van der Waals surface area contributed by atoms with E-state index in [1.54, 1.807) is 0 Å². The van der Waals surface area contributed by atoms with E-state index in [0.29, 0.717) is 0 Å². The van der Waals surface area contributed by atoms with Crippen molar-refractivity contribution in [1.82, 2.24) is 0 Å². The first kappa shape index (κ1) is 15.0. The maximum atomic E-state index is 13.1. The molecule has 0 aromatic heterocycles. The molecule has 0 fully saturated rings. The zero-order chi connectivity index (χ0) is 14.6. The molecule has 1 atom stereocenters. The second kappa shape index (κ2) is 5.72. The predicted octanol–water partition coefficient (Wildman–Crippen LogP) is 2.27. The highest BCUT2D eigenvalue weighted by atomic mass is 19.4. The van der Waals surface area contributed by atoms with E-state index in [1.165, 1.54) is 0 Å². The number of benzene rings is 1. The number of halogens is 5. The minimum atomic E-state index is -4.88. The largest absolute Gasteiger partial charge is 0.486 e. The summed E-state index contributed by atoms with van der Waals surface area (Å²) in [6.45, 7) is -1.21. The summed E-state index contributed by atoms with van der Waals surface area (Å²) in [6.07, 6.45) is -4.88. The fourth-order valence-electron chi connectivity index (χ4n) is 1.20. The number of para-hydroxylation sites is 1. The second-order valence-corrected chi connectivity index (χ2v) is 3.48. The van der Waals surface area contributed by atoms with Gasteiger partial charge in [0.1, 0.15) is 12.5 Å². The fraction of sp³-hybridized carbons (Fsp3) is 0.300. The van der Waals surface area contributed by atoms with Gasteiger partial charge in [0.25, 0.3) is 0 Å². The Labute approximate surface area is 104 Å². The van der Waals surface area contributed by atoms with Gasteiger partial charge in [-0.3, -0.25) is 0 Å². The summed E-state index contributed by atoms with van der Waals surface area (Å²) in [6, 6.07) is 2.68. The summed E-state index contributed by atoms with van der Waals surface area (Å²) in [5.74, 6) is -6.90. The first-order valence-corrected chi connectivity index (χ1v) is 4.88. The number of alkyl halides is 3. The van der Waals surface area contributed by atoms with Crippen molar-refractivity contribution in [1.29, 1.82) is 0 Å². The molecule has 3 N–H and O–H groups in total. The maximum Gasteiger partial charge on any atom is 0.402 e. The lowest BCUT2D eigenvalue weighted by molar-refractivity contribution is -0.162. The van der Waals surface area contributed by atoms with Gasteiger partial charge < -0.3 is 15.7 Å². The zero-order valence-corrected chi connectivity index (χ0v) is 9.29. The number of hydrogen-bond donors (Lipinski definition) is 2. The molecule has 0 aliphatic heterocycles. The Morgan fingerprint density at radius 3 is 2.26 bits per heavy atom. The van der Waals surface area contributed by atoms with Gasteiger partial charge in [0, 0.05) is 0 Å². The van der Waals surface area contributed by atoms with Crippen LogP contribution in [0, 0.1) is 17.6 Å². The zero-order valence-electron chi connectivity index (χ0n) is 9.29. The normalized spacial score (nSPS) is 14.3. The Kier molecular flexibility index (Phi) is 4.52. The van der Waals surface area contributed by atoms with Crippen LogP contribution in [0.4, 0.5) is 22.0 Å². The fourth-order valence-corrected chi connectivity index (χ4v) is 1.20. The quantitative estimate of drug-likeness (QED) is 0.293. The van der Waals surface area contributed by atoms with Crippen LogP contribution in [0.15, 0.2) is 23.4 Å². The van der Waals surface area contributed by atoms with Crippen LogP contribution in [-0.4, -0.2) is 23.8 Å². The van der Waals surface area contributed by atoms with E-state index in [9.17, 15) is 22.0 Å². The van der Waals surface area contributed by atoms with Crippen molar-refractivity contribution in [2.45, 2.75) is 6.18 Å². The van der Waals surface area contributed by atoms with Gasteiger partial charge in [-0.15, -0.1) is 0 Å². The summed E-state index contributed by atoms with van der Waals surface area (Å²) in [4.78, 5) is 0. The predicted molar refractivity (Wildman–Crippen MR) is 54.8 cm³/mol. The number of ether oxygens (including phenoxy) is 1. The summed E-state index contributed by atoms with van der Waals surface area (Å²) < 4.78 is 68.2. The topological polar surface area (TPSA) is 67.8 Å². The number of rotatable bonds is 4. The minimum absolute atomic E-state index is 0.824. The highest BCUT2D eigenvalue weighted by molar-refractivity contribution is 5.83. The van der Waals surface area contributed by atoms with Crippen LogP contribution in [0.2, 0.25) is 0 Å². The van der Waals surface area contributed by atoms with Crippen molar-refractivity contribution in [3.05, 3.63) is 29.8 Å². The van der Waals surface area contributed by atoms with Crippen molar-refractivity contribution >= 4 is 5.84 Å². The Morgan fingerprint density at radius 2 is 1.84 bits per heavy atom. The van der Waals surface area contributed by atoms with Gasteiger partial charge in [0.05, 0.1) is 0 Å².